The van der Waals surface area contributed by atoms with Crippen LogP contribution in [0.3, 0.4) is 0 Å². The fourth-order valence-corrected chi connectivity index (χ4v) is 3.59. The van der Waals surface area contributed by atoms with Crippen LogP contribution in [0.4, 0.5) is 0 Å². The zero-order chi connectivity index (χ0) is 17.8. The van der Waals surface area contributed by atoms with Crippen LogP contribution in [0.25, 0.3) is 22.9 Å². The normalized spacial score (nSPS) is 11.2. The van der Waals surface area contributed by atoms with Gasteiger partial charge in [-0.2, -0.15) is 5.26 Å². The lowest BCUT2D eigenvalue weighted by molar-refractivity contribution is 0.414. The minimum Gasteiger partial charge on any atom is -0.496 e. The summed E-state index contributed by atoms with van der Waals surface area (Å²) in [5, 5.41) is 13.1. The van der Waals surface area contributed by atoms with Crippen molar-refractivity contribution in [1.82, 2.24) is 4.98 Å². The van der Waals surface area contributed by atoms with E-state index in [1.807, 2.05) is 35.7 Å². The van der Waals surface area contributed by atoms with Crippen molar-refractivity contribution in [1.29, 1.82) is 5.26 Å². The predicted molar refractivity (Wildman–Crippen MR) is 104 cm³/mol. The molecule has 2 aromatic carbocycles. The Bertz CT molecular complexity index is 989. The highest BCUT2D eigenvalue weighted by molar-refractivity contribution is 7.11. The Balaban J connectivity index is 2.00. The minimum absolute atomic E-state index is 0.464. The molecule has 6 heteroatoms. The Kier molecular flexibility index (Phi) is 5.40. The van der Waals surface area contributed by atoms with E-state index in [0.717, 1.165) is 11.1 Å². The average Bonchev–Trinajstić information content (AvgIpc) is 3.09. The van der Waals surface area contributed by atoms with Gasteiger partial charge in [-0.15, -0.1) is 11.3 Å². The highest BCUT2D eigenvalue weighted by atomic mass is 35.5. The number of rotatable bonds is 4. The summed E-state index contributed by atoms with van der Waals surface area (Å²) in [6, 6.07) is 15.0. The standard InChI is InChI=1S/C19H12Cl2N2OS/c1-24-18-5-3-2-4-12(18)8-13(10-22)19-23-17(11-25-19)15-7-6-14(20)9-16(15)21/h2-9,11H,1H3/b13-8+. The van der Waals surface area contributed by atoms with Crippen LogP contribution in [0, 0.1) is 11.3 Å². The summed E-state index contributed by atoms with van der Waals surface area (Å²) >= 11 is 13.6. The molecule has 0 atom stereocenters. The molecule has 0 fully saturated rings. The maximum atomic E-state index is 9.54. The third kappa shape index (κ3) is 3.85. The van der Waals surface area contributed by atoms with Gasteiger partial charge in [0.2, 0.25) is 0 Å². The predicted octanol–water partition coefficient (Wildman–Crippen LogP) is 6.19. The summed E-state index contributed by atoms with van der Waals surface area (Å²) in [5.74, 6) is 0.702. The van der Waals surface area contributed by atoms with Crippen molar-refractivity contribution in [3.8, 4) is 23.1 Å². The molecule has 3 rings (SSSR count). The number of methoxy groups -OCH3 is 1. The zero-order valence-electron chi connectivity index (χ0n) is 13.2. The van der Waals surface area contributed by atoms with Crippen molar-refractivity contribution in [2.45, 2.75) is 0 Å². The van der Waals surface area contributed by atoms with E-state index in [1.54, 1.807) is 25.3 Å². The lowest BCUT2D eigenvalue weighted by atomic mass is 10.1. The first-order valence-corrected chi connectivity index (χ1v) is 8.92. The molecule has 0 amide bonds. The van der Waals surface area contributed by atoms with Gasteiger partial charge in [0.1, 0.15) is 16.8 Å². The monoisotopic (exact) mass is 386 g/mol. The number of ether oxygens (including phenoxy) is 1. The van der Waals surface area contributed by atoms with Gasteiger partial charge in [-0.05, 0) is 30.3 Å². The highest BCUT2D eigenvalue weighted by Crippen LogP contribution is 2.33. The number of nitriles is 1. The van der Waals surface area contributed by atoms with Crippen LogP contribution in [-0.4, -0.2) is 12.1 Å². The maximum Gasteiger partial charge on any atom is 0.134 e. The van der Waals surface area contributed by atoms with Gasteiger partial charge < -0.3 is 4.74 Å². The van der Waals surface area contributed by atoms with Crippen LogP contribution < -0.4 is 4.74 Å². The first-order valence-electron chi connectivity index (χ1n) is 7.28. The molecule has 0 saturated heterocycles. The number of hydrogen-bond acceptors (Lipinski definition) is 4. The summed E-state index contributed by atoms with van der Waals surface area (Å²) in [6.07, 6.45) is 1.77. The second-order valence-electron chi connectivity index (χ2n) is 5.07. The number of thiazole rings is 1. The third-order valence-corrected chi connectivity index (χ3v) is 4.92. The van der Waals surface area contributed by atoms with Crippen LogP contribution in [-0.2, 0) is 0 Å². The van der Waals surface area contributed by atoms with Crippen LogP contribution in [0.15, 0.2) is 47.8 Å². The molecule has 0 radical (unpaired) electrons. The molecule has 3 aromatic rings. The van der Waals surface area contributed by atoms with Gasteiger partial charge in [-0.25, -0.2) is 4.98 Å². The second kappa shape index (κ2) is 7.71. The molecule has 25 heavy (non-hydrogen) atoms. The number of hydrogen-bond donors (Lipinski definition) is 0. The lowest BCUT2D eigenvalue weighted by Crippen LogP contribution is -1.88. The molecule has 3 nitrogen and oxygen atoms in total. The van der Waals surface area contributed by atoms with Crippen molar-refractivity contribution in [2.24, 2.45) is 0 Å². The molecule has 124 valence electrons. The van der Waals surface area contributed by atoms with E-state index in [2.05, 4.69) is 11.1 Å². The Morgan fingerprint density at radius 2 is 2.04 bits per heavy atom. The summed E-state index contributed by atoms with van der Waals surface area (Å²) < 4.78 is 5.33. The topological polar surface area (TPSA) is 45.9 Å². The fourth-order valence-electron chi connectivity index (χ4n) is 2.30. The Morgan fingerprint density at radius 3 is 2.76 bits per heavy atom. The first kappa shape index (κ1) is 17.5. The molecule has 0 aliphatic heterocycles. The molecule has 0 aliphatic carbocycles. The van der Waals surface area contributed by atoms with Crippen molar-refractivity contribution < 1.29 is 4.74 Å². The summed E-state index contributed by atoms with van der Waals surface area (Å²) in [6.45, 7) is 0. The molecule has 0 aliphatic rings. The van der Waals surface area contributed by atoms with Gasteiger partial charge in [0.05, 0.1) is 23.4 Å². The van der Waals surface area contributed by atoms with Crippen LogP contribution in [0.5, 0.6) is 5.75 Å². The van der Waals surface area contributed by atoms with E-state index < -0.39 is 0 Å². The van der Waals surface area contributed by atoms with E-state index in [-0.39, 0.29) is 0 Å². The van der Waals surface area contributed by atoms with Gasteiger partial charge in [-0.3, -0.25) is 0 Å². The molecule has 0 bridgehead atoms. The summed E-state index contributed by atoms with van der Waals surface area (Å²) in [4.78, 5) is 4.55. The SMILES string of the molecule is COc1ccccc1/C=C(\C#N)c1nc(-c2ccc(Cl)cc2Cl)cs1. The number of allylic oxidation sites excluding steroid dienone is 1. The second-order valence-corrected chi connectivity index (χ2v) is 6.78. The number of aromatic nitrogens is 1. The van der Waals surface area contributed by atoms with E-state index in [9.17, 15) is 5.26 Å². The van der Waals surface area contributed by atoms with Crippen LogP contribution >= 0.6 is 34.5 Å². The van der Waals surface area contributed by atoms with E-state index in [0.29, 0.717) is 32.1 Å². The third-order valence-electron chi connectivity index (χ3n) is 3.50. The van der Waals surface area contributed by atoms with Gasteiger partial charge in [0.25, 0.3) is 0 Å². The number of para-hydroxylation sites is 1. The van der Waals surface area contributed by atoms with Crippen molar-refractivity contribution >= 4 is 46.2 Å². The van der Waals surface area contributed by atoms with Gasteiger partial charge in [0.15, 0.2) is 0 Å². The van der Waals surface area contributed by atoms with Gasteiger partial charge >= 0.3 is 0 Å². The van der Waals surface area contributed by atoms with Crippen molar-refractivity contribution in [3.63, 3.8) is 0 Å². The smallest absolute Gasteiger partial charge is 0.134 e. The Morgan fingerprint density at radius 1 is 1.24 bits per heavy atom. The molecule has 0 saturated carbocycles. The number of nitrogens with zero attached hydrogens (tertiary/aromatic N) is 2. The fraction of sp³-hybridized carbons (Fsp3) is 0.0526. The number of halogens is 2. The summed E-state index contributed by atoms with van der Waals surface area (Å²) in [7, 11) is 1.60. The number of benzene rings is 2. The average molecular weight is 387 g/mol. The van der Waals surface area contributed by atoms with Crippen molar-refractivity contribution in [3.05, 3.63) is 68.5 Å². The van der Waals surface area contributed by atoms with E-state index in [1.165, 1.54) is 11.3 Å². The van der Waals surface area contributed by atoms with E-state index >= 15 is 0 Å². The van der Waals surface area contributed by atoms with Gasteiger partial charge in [0, 0.05) is 21.5 Å². The summed E-state index contributed by atoms with van der Waals surface area (Å²) in [5.41, 5.74) is 2.78. The molecule has 0 unspecified atom stereocenters. The van der Waals surface area contributed by atoms with Crippen molar-refractivity contribution in [2.75, 3.05) is 7.11 Å². The molecule has 1 heterocycles. The Hall–Kier alpha value is -2.32. The zero-order valence-corrected chi connectivity index (χ0v) is 15.5. The van der Waals surface area contributed by atoms with E-state index in [4.69, 9.17) is 27.9 Å². The largest absolute Gasteiger partial charge is 0.496 e. The molecule has 1 aromatic heterocycles. The molecular formula is C19H12Cl2N2OS. The first-order chi connectivity index (χ1) is 12.1. The van der Waals surface area contributed by atoms with Crippen LogP contribution in [0.2, 0.25) is 10.0 Å². The van der Waals surface area contributed by atoms with Crippen LogP contribution in [0.1, 0.15) is 10.6 Å². The maximum absolute atomic E-state index is 9.54. The minimum atomic E-state index is 0.464. The molecular weight excluding hydrogens is 375 g/mol. The Labute approximate surface area is 159 Å². The molecule has 0 N–H and O–H groups in total. The highest BCUT2D eigenvalue weighted by Gasteiger charge is 2.12. The lowest BCUT2D eigenvalue weighted by Gasteiger charge is -2.04. The van der Waals surface area contributed by atoms with Gasteiger partial charge in [-0.1, -0.05) is 41.4 Å². The quantitative estimate of drug-likeness (QED) is 0.502. The molecule has 0 spiro atoms.